The van der Waals surface area contributed by atoms with Gasteiger partial charge in [-0.05, 0) is 165 Å². The van der Waals surface area contributed by atoms with E-state index in [1.807, 2.05) is 90.0 Å². The number of nitrogens with two attached hydrogens (primary N) is 10. The monoisotopic (exact) mass is 1200 g/mol. The number of carbonyl (C=O) groups is 6. The van der Waals surface area contributed by atoms with E-state index in [0.29, 0.717) is 69.0 Å². The van der Waals surface area contributed by atoms with Crippen molar-refractivity contribution in [2.45, 2.75) is 229 Å². The quantitative estimate of drug-likeness (QED) is 0.0449. The summed E-state index contributed by atoms with van der Waals surface area (Å²) < 4.78 is 0. The molecule has 6 amide bonds. The number of hydrogen-bond acceptors (Lipinski definition) is 16. The molecule has 0 aliphatic heterocycles. The van der Waals surface area contributed by atoms with Crippen LogP contribution in [0.3, 0.4) is 0 Å². The van der Waals surface area contributed by atoms with Gasteiger partial charge in [0.2, 0.25) is 35.4 Å². The molecule has 0 bridgehead atoms. The lowest BCUT2D eigenvalue weighted by molar-refractivity contribution is -0.124. The molecule has 26 N–H and O–H groups in total. The van der Waals surface area contributed by atoms with Gasteiger partial charge in [0, 0.05) is 111 Å². The van der Waals surface area contributed by atoms with Crippen molar-refractivity contribution in [1.82, 2.24) is 31.9 Å². The highest BCUT2D eigenvalue weighted by Gasteiger charge is 2.29. The Hall–Kier alpha value is -3.58. The van der Waals surface area contributed by atoms with Crippen LogP contribution in [0.1, 0.15) is 193 Å². The second kappa shape index (κ2) is 51.5. The molecule has 0 aromatic rings. The topological polar surface area (TPSA) is 435 Å². The van der Waals surface area contributed by atoms with Crippen molar-refractivity contribution in [3.8, 4) is 0 Å². The maximum atomic E-state index is 11.3. The van der Waals surface area contributed by atoms with Crippen molar-refractivity contribution in [2.24, 2.45) is 122 Å². The van der Waals surface area contributed by atoms with Crippen molar-refractivity contribution < 1.29 is 28.8 Å². The summed E-state index contributed by atoms with van der Waals surface area (Å²) in [7, 11) is 0. The Kier molecular flexibility index (Phi) is 51.8. The van der Waals surface area contributed by atoms with Crippen LogP contribution in [0.4, 0.5) is 0 Å². The maximum absolute atomic E-state index is 11.3. The van der Waals surface area contributed by atoms with Crippen LogP contribution in [0.15, 0.2) is 0 Å². The van der Waals surface area contributed by atoms with E-state index in [0.717, 1.165) is 83.5 Å². The molecule has 0 heterocycles. The average molecular weight is 1200 g/mol. The third-order valence-corrected chi connectivity index (χ3v) is 15.0. The first-order valence-electron chi connectivity index (χ1n) is 32.3. The minimum Gasteiger partial charge on any atom is -0.356 e. The second-order valence-electron chi connectivity index (χ2n) is 26.0. The molecule has 3 rings (SSSR count). The number of amides is 6. The van der Waals surface area contributed by atoms with Gasteiger partial charge in [-0.15, -0.1) is 0 Å². The van der Waals surface area contributed by atoms with Gasteiger partial charge in [0.15, 0.2) is 0 Å². The van der Waals surface area contributed by atoms with Crippen molar-refractivity contribution in [3.05, 3.63) is 0 Å². The van der Waals surface area contributed by atoms with Gasteiger partial charge < -0.3 is 89.2 Å². The molecule has 10 atom stereocenters. The Balaban J connectivity index is -0.000000939. The Morgan fingerprint density at radius 1 is 0.345 bits per heavy atom. The van der Waals surface area contributed by atoms with E-state index in [9.17, 15) is 28.8 Å². The maximum Gasteiger partial charge on any atom is 0.222 e. The third-order valence-electron chi connectivity index (χ3n) is 15.0. The van der Waals surface area contributed by atoms with Crippen LogP contribution < -0.4 is 89.2 Å². The van der Waals surface area contributed by atoms with E-state index in [-0.39, 0.29) is 101 Å². The summed E-state index contributed by atoms with van der Waals surface area (Å²) >= 11 is 0. The predicted octanol–water partition coefficient (Wildman–Crippen LogP) is 2.73. The molecule has 3 saturated carbocycles. The Morgan fingerprint density at radius 2 is 0.607 bits per heavy atom. The summed E-state index contributed by atoms with van der Waals surface area (Å²) in [5.41, 5.74) is 56.7. The van der Waals surface area contributed by atoms with Gasteiger partial charge in [-0.25, -0.2) is 0 Å². The normalized spacial score (nSPS) is 19.2. The molecular formula is C62H134N16O6. The second-order valence-corrected chi connectivity index (χ2v) is 26.0. The molecule has 22 nitrogen and oxygen atoms in total. The van der Waals surface area contributed by atoms with Gasteiger partial charge in [0.25, 0.3) is 0 Å². The van der Waals surface area contributed by atoms with Gasteiger partial charge in [0.1, 0.15) is 0 Å². The van der Waals surface area contributed by atoms with Crippen LogP contribution in [-0.4, -0.2) is 137 Å². The van der Waals surface area contributed by atoms with Crippen LogP contribution in [0.5, 0.6) is 0 Å². The molecule has 3 aliphatic carbocycles. The van der Waals surface area contributed by atoms with E-state index in [4.69, 9.17) is 57.3 Å². The molecule has 22 heteroatoms. The van der Waals surface area contributed by atoms with E-state index in [1.54, 1.807) is 0 Å². The molecule has 0 aromatic carbocycles. The fourth-order valence-electron chi connectivity index (χ4n) is 8.61. The minimum absolute atomic E-state index is 0.0173. The molecule has 84 heavy (non-hydrogen) atoms. The molecule has 3 aliphatic rings. The molecule has 498 valence electrons. The summed E-state index contributed by atoms with van der Waals surface area (Å²) in [5.74, 6) is 4.32. The van der Waals surface area contributed by atoms with Crippen LogP contribution in [0.2, 0.25) is 0 Å². The van der Waals surface area contributed by atoms with Crippen LogP contribution in [0.25, 0.3) is 0 Å². The third kappa shape index (κ3) is 49.5. The lowest BCUT2D eigenvalue weighted by Crippen LogP contribution is -2.39. The number of nitrogens with one attached hydrogen (secondary N) is 6. The number of carbonyl (C=O) groups excluding carboxylic acids is 6. The van der Waals surface area contributed by atoms with Crippen LogP contribution in [0, 0.1) is 65.1 Å². The average Bonchev–Trinajstić information content (AvgIpc) is 4.11. The summed E-state index contributed by atoms with van der Waals surface area (Å²) in [4.78, 5) is 67.4. The minimum atomic E-state index is 0.0173. The first kappa shape index (κ1) is 84.6. The summed E-state index contributed by atoms with van der Waals surface area (Å²) in [6, 6.07) is 0.613. The smallest absolute Gasteiger partial charge is 0.222 e. The highest BCUT2D eigenvalue weighted by molar-refractivity contribution is 5.79. The number of rotatable bonds is 33. The van der Waals surface area contributed by atoms with Gasteiger partial charge in [0.05, 0.1) is 0 Å². The highest BCUT2D eigenvalue weighted by atomic mass is 16.2. The lowest BCUT2D eigenvalue weighted by Gasteiger charge is -2.16. The molecule has 2 unspecified atom stereocenters. The van der Waals surface area contributed by atoms with E-state index >= 15 is 0 Å². The van der Waals surface area contributed by atoms with Crippen molar-refractivity contribution in [2.75, 3.05) is 65.4 Å². The molecule has 3 fully saturated rings. The van der Waals surface area contributed by atoms with E-state index in [2.05, 4.69) is 31.9 Å². The molecule has 0 saturated heterocycles. The fraction of sp³-hybridized carbons (Fsp3) is 0.903. The zero-order valence-corrected chi connectivity index (χ0v) is 55.4. The molecular weight excluding hydrogens is 1060 g/mol. The first-order valence-corrected chi connectivity index (χ1v) is 32.3. The van der Waals surface area contributed by atoms with Crippen LogP contribution >= 0.6 is 0 Å². The molecule has 0 radical (unpaired) electrons. The first-order chi connectivity index (χ1) is 39.3. The largest absolute Gasteiger partial charge is 0.356 e. The zero-order valence-electron chi connectivity index (χ0n) is 55.4. The Morgan fingerprint density at radius 3 is 0.845 bits per heavy atom. The van der Waals surface area contributed by atoms with Crippen molar-refractivity contribution >= 4 is 35.4 Å². The van der Waals surface area contributed by atoms with Gasteiger partial charge in [-0.1, -0.05) is 83.1 Å². The standard InChI is InChI=1S/C12H25N3O.2C11H22N2O.C10H23N3O.2C9H21N3O/c1-8(2)12(16)15-7-10(13)5-6-11(14)9-3-4-9;2*1-8(2)11(14)13-7-10-4-3-9(5-10)6-12;1-7(2)10(14)13-6-9(12)5-4-8(3)11;2*1-7(2)9(13)12-6-8(11)4-3-5-10/h8-11H,3-7,13-14H2,1-2H3,(H,15,16);2*8-10H,3-7,12H2,1-2H3,(H,13,14);7-9H,4-6,11-12H2,1-3H3,(H,13,14);2*7-8H,3-6,10-11H2,1-2H3,(H,12,13)/t10-,11?;9-,10+;9-,10-;8?,9-;2*8-/m010010/s1. The van der Waals surface area contributed by atoms with Crippen molar-refractivity contribution in [1.29, 1.82) is 0 Å². The van der Waals surface area contributed by atoms with Crippen LogP contribution in [-0.2, 0) is 28.8 Å². The SMILES string of the molecule is CC(C)C(=O)NC[C@@H](N)CCC(N)C1CC1.CC(C)C(=O)NC[C@@H](N)CCCN.CC(C)C(=O)NC[C@H](N)CCCN.CC(C)C(=O)NC[C@H]1CC[C@@H](CN)C1.CC(C)C(=O)NC[C@H]1CC[C@H](CN)C1.CC(N)CC[C@H](N)CNC(=O)C(C)C. The van der Waals surface area contributed by atoms with E-state index < -0.39 is 0 Å². The Labute approximate surface area is 511 Å². The predicted molar refractivity (Wildman–Crippen MR) is 348 cm³/mol. The molecule has 0 aromatic heterocycles. The van der Waals surface area contributed by atoms with Gasteiger partial charge in [-0.2, -0.15) is 0 Å². The summed E-state index contributed by atoms with van der Waals surface area (Å²) in [6.07, 6.45) is 17.1. The zero-order chi connectivity index (χ0) is 64.9. The lowest BCUT2D eigenvalue weighted by atomic mass is 10.0. The fourth-order valence-corrected chi connectivity index (χ4v) is 8.61. The number of hydrogen-bond donors (Lipinski definition) is 16. The summed E-state index contributed by atoms with van der Waals surface area (Å²) in [6.45, 7) is 31.4. The summed E-state index contributed by atoms with van der Waals surface area (Å²) in [5, 5.41) is 17.2. The van der Waals surface area contributed by atoms with Gasteiger partial charge >= 0.3 is 0 Å². The Bertz CT molecular complexity index is 1610. The van der Waals surface area contributed by atoms with E-state index in [1.165, 1.54) is 51.4 Å². The van der Waals surface area contributed by atoms with Gasteiger partial charge in [-0.3, -0.25) is 28.8 Å². The highest BCUT2D eigenvalue weighted by Crippen LogP contribution is 2.33. The van der Waals surface area contributed by atoms with Crippen molar-refractivity contribution in [3.63, 3.8) is 0 Å². The molecule has 0 spiro atoms.